The third-order valence-electron chi connectivity index (χ3n) is 4.07. The van der Waals surface area contributed by atoms with E-state index < -0.39 is 39.5 Å². The van der Waals surface area contributed by atoms with Gasteiger partial charge in [0.2, 0.25) is 0 Å². The summed E-state index contributed by atoms with van der Waals surface area (Å²) < 4.78 is 43.7. The number of nitro benzene ring substituents is 1. The Bertz CT molecular complexity index is 985. The van der Waals surface area contributed by atoms with Crippen molar-refractivity contribution in [2.75, 3.05) is 0 Å². The zero-order valence-electron chi connectivity index (χ0n) is 15.8. The van der Waals surface area contributed by atoms with Crippen LogP contribution in [-0.4, -0.2) is 26.7 Å². The number of ether oxygens (including phenoxy) is 1. The minimum Gasteiger partial charge on any atom is -0.477 e. The van der Waals surface area contributed by atoms with Gasteiger partial charge in [-0.15, -0.1) is 0 Å². The number of aryl methyl sites for hydroxylation is 1. The van der Waals surface area contributed by atoms with Crippen molar-refractivity contribution in [2.24, 2.45) is 0 Å². The summed E-state index contributed by atoms with van der Waals surface area (Å²) in [4.78, 5) is 22.1. The van der Waals surface area contributed by atoms with Crippen LogP contribution in [0.3, 0.4) is 0 Å². The summed E-state index contributed by atoms with van der Waals surface area (Å²) in [5.41, 5.74) is -3.50. The summed E-state index contributed by atoms with van der Waals surface area (Å²) in [7, 11) is 0. The van der Waals surface area contributed by atoms with Crippen LogP contribution in [0.1, 0.15) is 41.8 Å². The van der Waals surface area contributed by atoms with Crippen LogP contribution < -0.4 is 4.74 Å². The van der Waals surface area contributed by atoms with Gasteiger partial charge in [-0.1, -0.05) is 11.6 Å². The molecule has 0 aliphatic heterocycles. The lowest BCUT2D eigenvalue weighted by Gasteiger charge is -2.17. The third kappa shape index (κ3) is 5.83. The molecule has 0 saturated heterocycles. The van der Waals surface area contributed by atoms with Gasteiger partial charge >= 0.3 is 12.1 Å². The lowest BCUT2D eigenvalue weighted by Crippen LogP contribution is -2.19. The van der Waals surface area contributed by atoms with Gasteiger partial charge < -0.3 is 14.9 Å². The molecule has 2 N–H and O–H groups in total. The van der Waals surface area contributed by atoms with E-state index in [1.54, 1.807) is 0 Å². The lowest BCUT2D eigenvalue weighted by atomic mass is 9.96. The number of alkyl halides is 3. The fraction of sp³-hybridized carbons (Fsp3) is 0.316. The number of rotatable bonds is 7. The molecular weight excluding hydrogens is 431 g/mol. The van der Waals surface area contributed by atoms with E-state index >= 15 is 0 Å². The quantitative estimate of drug-likeness (QED) is 0.430. The van der Waals surface area contributed by atoms with Crippen molar-refractivity contribution in [1.82, 2.24) is 0 Å². The van der Waals surface area contributed by atoms with Gasteiger partial charge in [-0.2, -0.15) is 13.2 Å². The third-order valence-corrected chi connectivity index (χ3v) is 4.36. The summed E-state index contributed by atoms with van der Waals surface area (Å²) in [6, 6.07) is 4.44. The van der Waals surface area contributed by atoms with Crippen molar-refractivity contribution >= 4 is 23.3 Å². The van der Waals surface area contributed by atoms with E-state index in [0.29, 0.717) is 6.07 Å². The Hall–Kier alpha value is -2.85. The number of hydrogen-bond acceptors (Lipinski definition) is 5. The highest BCUT2D eigenvalue weighted by Gasteiger charge is 2.31. The molecule has 0 spiro atoms. The predicted octanol–water partition coefficient (Wildman–Crippen LogP) is 5.46. The van der Waals surface area contributed by atoms with Crippen molar-refractivity contribution in [3.8, 4) is 11.5 Å². The zero-order chi connectivity index (χ0) is 22.9. The van der Waals surface area contributed by atoms with Gasteiger partial charge in [0.15, 0.2) is 0 Å². The molecule has 0 aliphatic carbocycles. The maximum Gasteiger partial charge on any atom is 0.416 e. The minimum absolute atomic E-state index is 0.0138. The van der Waals surface area contributed by atoms with Gasteiger partial charge in [-0.25, -0.2) is 4.79 Å². The van der Waals surface area contributed by atoms with Crippen molar-refractivity contribution < 1.29 is 37.8 Å². The van der Waals surface area contributed by atoms with E-state index in [-0.39, 0.29) is 34.9 Å². The van der Waals surface area contributed by atoms with E-state index in [4.69, 9.17) is 16.3 Å². The fourth-order valence-corrected chi connectivity index (χ4v) is 2.84. The Balaban J connectivity index is 2.51. The van der Waals surface area contributed by atoms with Crippen LogP contribution in [0.15, 0.2) is 30.3 Å². The zero-order valence-corrected chi connectivity index (χ0v) is 16.5. The van der Waals surface area contributed by atoms with Crippen LogP contribution >= 0.6 is 11.6 Å². The number of halogens is 4. The fourth-order valence-electron chi connectivity index (χ4n) is 2.62. The number of aromatic carboxylic acids is 1. The molecule has 0 atom stereocenters. The first-order valence-corrected chi connectivity index (χ1v) is 8.88. The molecule has 2 aromatic rings. The summed E-state index contributed by atoms with van der Waals surface area (Å²) in [5, 5.41) is 30.3. The van der Waals surface area contributed by atoms with Gasteiger partial charge in [0.05, 0.1) is 21.1 Å². The molecule has 7 nitrogen and oxygen atoms in total. The number of carboxylic acids is 1. The van der Waals surface area contributed by atoms with Crippen LogP contribution in [0.4, 0.5) is 18.9 Å². The Labute approximate surface area is 173 Å². The maximum absolute atomic E-state index is 12.8. The van der Waals surface area contributed by atoms with Crippen LogP contribution in [0, 0.1) is 10.1 Å². The summed E-state index contributed by atoms with van der Waals surface area (Å²) in [6.07, 6.45) is -4.58. The second-order valence-electron chi connectivity index (χ2n) is 7.10. The van der Waals surface area contributed by atoms with Gasteiger partial charge in [0.1, 0.15) is 17.1 Å². The Kier molecular flexibility index (Phi) is 6.63. The topological polar surface area (TPSA) is 110 Å². The number of hydrogen-bond donors (Lipinski definition) is 2. The number of carboxylic acid groups (broad SMARTS) is 1. The second kappa shape index (κ2) is 8.49. The van der Waals surface area contributed by atoms with Crippen LogP contribution in [0.25, 0.3) is 0 Å². The summed E-state index contributed by atoms with van der Waals surface area (Å²) >= 11 is 5.85. The molecule has 162 valence electrons. The minimum atomic E-state index is -4.61. The van der Waals surface area contributed by atoms with E-state index in [0.717, 1.165) is 18.2 Å². The summed E-state index contributed by atoms with van der Waals surface area (Å²) in [6.45, 7) is 2.97. The Morgan fingerprint density at radius 2 is 1.87 bits per heavy atom. The average Bonchev–Trinajstić information content (AvgIpc) is 2.59. The van der Waals surface area contributed by atoms with Crippen LogP contribution in [0.2, 0.25) is 5.02 Å². The van der Waals surface area contributed by atoms with E-state index in [9.17, 15) is 38.3 Å². The molecule has 0 bridgehead atoms. The Morgan fingerprint density at radius 1 is 1.23 bits per heavy atom. The van der Waals surface area contributed by atoms with E-state index in [1.807, 2.05) is 0 Å². The average molecular weight is 448 g/mol. The molecular formula is C19H17ClF3NO6. The first kappa shape index (κ1) is 23.4. The van der Waals surface area contributed by atoms with Gasteiger partial charge in [-0.3, -0.25) is 10.1 Å². The van der Waals surface area contributed by atoms with Crippen molar-refractivity contribution in [1.29, 1.82) is 0 Å². The highest BCUT2D eigenvalue weighted by Crippen LogP contribution is 2.38. The normalized spacial score (nSPS) is 12.0. The maximum atomic E-state index is 12.8. The van der Waals surface area contributed by atoms with Gasteiger partial charge in [0.25, 0.3) is 5.69 Å². The predicted molar refractivity (Wildman–Crippen MR) is 101 cm³/mol. The van der Waals surface area contributed by atoms with Crippen LogP contribution in [0.5, 0.6) is 11.5 Å². The number of benzene rings is 2. The molecule has 2 rings (SSSR count). The lowest BCUT2D eigenvalue weighted by molar-refractivity contribution is -0.385. The first-order valence-electron chi connectivity index (χ1n) is 8.50. The molecule has 0 radical (unpaired) electrons. The standard InChI is InChI=1S/C19H17ClF3NO6/c1-18(2,27)6-5-10-7-12(9-13(17(25)26)16(10)24(28)29)30-15-4-3-11(8-14(15)20)19(21,22)23/h3-4,7-9,27H,5-6H2,1-2H3,(H,25,26). The largest absolute Gasteiger partial charge is 0.477 e. The SMILES string of the molecule is CC(C)(O)CCc1cc(Oc2ccc(C(F)(F)F)cc2Cl)cc(C(=O)O)c1[N+](=O)[O-]. The molecule has 0 amide bonds. The van der Waals surface area contributed by atoms with Crippen molar-refractivity contribution in [3.05, 3.63) is 62.2 Å². The highest BCUT2D eigenvalue weighted by atomic mass is 35.5. The first-order chi connectivity index (χ1) is 13.7. The molecule has 0 fully saturated rings. The second-order valence-corrected chi connectivity index (χ2v) is 7.51. The molecule has 0 saturated carbocycles. The van der Waals surface area contributed by atoms with E-state index in [1.165, 1.54) is 19.9 Å². The summed E-state index contributed by atoms with van der Waals surface area (Å²) in [5.74, 6) is -1.94. The van der Waals surface area contributed by atoms with Gasteiger partial charge in [0, 0.05) is 11.6 Å². The molecule has 0 unspecified atom stereocenters. The van der Waals surface area contributed by atoms with Crippen LogP contribution in [-0.2, 0) is 12.6 Å². The highest BCUT2D eigenvalue weighted by molar-refractivity contribution is 6.32. The number of nitrogens with zero attached hydrogens (tertiary/aromatic N) is 1. The number of nitro groups is 1. The molecule has 0 heterocycles. The molecule has 0 aromatic heterocycles. The van der Waals surface area contributed by atoms with E-state index in [2.05, 4.69) is 0 Å². The van der Waals surface area contributed by atoms with Crippen molar-refractivity contribution in [3.63, 3.8) is 0 Å². The van der Waals surface area contributed by atoms with Crippen molar-refractivity contribution in [2.45, 2.75) is 38.5 Å². The molecule has 30 heavy (non-hydrogen) atoms. The Morgan fingerprint density at radius 3 is 2.33 bits per heavy atom. The molecule has 0 aliphatic rings. The smallest absolute Gasteiger partial charge is 0.416 e. The number of carbonyl (C=O) groups is 1. The number of aliphatic hydroxyl groups is 1. The van der Waals surface area contributed by atoms with Gasteiger partial charge in [-0.05, 0) is 51.0 Å². The molecule has 2 aromatic carbocycles. The monoisotopic (exact) mass is 447 g/mol. The molecule has 11 heteroatoms.